The lowest BCUT2D eigenvalue weighted by Crippen LogP contribution is -2.26. The van der Waals surface area contributed by atoms with Gasteiger partial charge in [0.15, 0.2) is 0 Å². The minimum atomic E-state index is -0.155. The molecule has 0 fully saturated rings. The molecule has 0 radical (unpaired) electrons. The van der Waals surface area contributed by atoms with Gasteiger partial charge in [-0.05, 0) is 18.2 Å². The second kappa shape index (κ2) is 5.43. The van der Waals surface area contributed by atoms with Gasteiger partial charge in [0.05, 0.1) is 18.9 Å². The van der Waals surface area contributed by atoms with Crippen LogP contribution in [0, 0.1) is 0 Å². The summed E-state index contributed by atoms with van der Waals surface area (Å²) in [7, 11) is 3.27. The molecular weight excluding hydrogens is 244 g/mol. The molecule has 1 amide bonds. The molecule has 6 heteroatoms. The Morgan fingerprint density at radius 1 is 1.53 bits per heavy atom. The highest BCUT2D eigenvalue weighted by Gasteiger charge is 2.16. The fourth-order valence-corrected chi connectivity index (χ4v) is 1.76. The van der Waals surface area contributed by atoms with Crippen LogP contribution in [0.3, 0.4) is 0 Å². The fraction of sp³-hybridized carbons (Fsp3) is 0.231. The molecular formula is C13H16N4O2. The van der Waals surface area contributed by atoms with Crippen molar-refractivity contribution >= 4 is 11.6 Å². The number of methoxy groups -OCH3 is 1. The number of nitrogens with zero attached hydrogens (tertiary/aromatic N) is 2. The first-order chi connectivity index (χ1) is 9.11. The summed E-state index contributed by atoms with van der Waals surface area (Å²) >= 11 is 0. The summed E-state index contributed by atoms with van der Waals surface area (Å²) in [6, 6.07) is 5.03. The van der Waals surface area contributed by atoms with E-state index in [4.69, 9.17) is 10.5 Å². The van der Waals surface area contributed by atoms with Crippen LogP contribution in [0.5, 0.6) is 5.75 Å². The van der Waals surface area contributed by atoms with Crippen LogP contribution in [0.1, 0.15) is 15.9 Å². The zero-order chi connectivity index (χ0) is 13.8. The molecule has 6 nitrogen and oxygen atoms in total. The Hall–Kier alpha value is -2.50. The van der Waals surface area contributed by atoms with Gasteiger partial charge in [-0.3, -0.25) is 9.89 Å². The average molecular weight is 260 g/mol. The largest absolute Gasteiger partial charge is 0.497 e. The number of anilines is 1. The molecule has 0 saturated carbocycles. The van der Waals surface area contributed by atoms with Crippen LogP contribution in [0.15, 0.2) is 30.6 Å². The minimum absolute atomic E-state index is 0.155. The molecule has 0 saturated heterocycles. The van der Waals surface area contributed by atoms with E-state index in [1.807, 2.05) is 0 Å². The molecule has 3 N–H and O–H groups in total. The SMILES string of the molecule is COc1ccc(N)c(C(=O)N(C)Cc2cn[nH]c2)c1. The van der Waals surface area contributed by atoms with E-state index in [-0.39, 0.29) is 5.91 Å². The number of carbonyl (C=O) groups excluding carboxylic acids is 1. The maximum Gasteiger partial charge on any atom is 0.256 e. The Morgan fingerprint density at radius 2 is 2.32 bits per heavy atom. The molecule has 0 atom stereocenters. The third kappa shape index (κ3) is 2.85. The van der Waals surface area contributed by atoms with E-state index in [9.17, 15) is 4.79 Å². The van der Waals surface area contributed by atoms with E-state index in [1.54, 1.807) is 49.7 Å². The van der Waals surface area contributed by atoms with Crippen molar-refractivity contribution in [2.24, 2.45) is 0 Å². The highest BCUT2D eigenvalue weighted by molar-refractivity contribution is 5.99. The van der Waals surface area contributed by atoms with Gasteiger partial charge in [-0.25, -0.2) is 0 Å². The summed E-state index contributed by atoms with van der Waals surface area (Å²) in [5, 5.41) is 6.56. The van der Waals surface area contributed by atoms with Gasteiger partial charge >= 0.3 is 0 Å². The van der Waals surface area contributed by atoms with Crippen LogP contribution in [0.25, 0.3) is 0 Å². The maximum absolute atomic E-state index is 12.3. The van der Waals surface area contributed by atoms with Crippen LogP contribution >= 0.6 is 0 Å². The summed E-state index contributed by atoms with van der Waals surface area (Å²) < 4.78 is 5.10. The van der Waals surface area contributed by atoms with Gasteiger partial charge < -0.3 is 15.4 Å². The highest BCUT2D eigenvalue weighted by atomic mass is 16.5. The number of hydrogen-bond donors (Lipinski definition) is 2. The van der Waals surface area contributed by atoms with Crippen molar-refractivity contribution in [1.29, 1.82) is 0 Å². The van der Waals surface area contributed by atoms with Gasteiger partial charge in [-0.1, -0.05) is 0 Å². The number of aromatic nitrogens is 2. The zero-order valence-corrected chi connectivity index (χ0v) is 10.9. The maximum atomic E-state index is 12.3. The first-order valence-corrected chi connectivity index (χ1v) is 5.78. The molecule has 19 heavy (non-hydrogen) atoms. The number of ether oxygens (including phenoxy) is 1. The van der Waals surface area contributed by atoms with Gasteiger partial charge in [0.2, 0.25) is 0 Å². The molecule has 0 aliphatic rings. The van der Waals surface area contributed by atoms with Gasteiger partial charge in [0.25, 0.3) is 5.91 Å². The smallest absolute Gasteiger partial charge is 0.256 e. The van der Waals surface area contributed by atoms with Crippen molar-refractivity contribution in [3.8, 4) is 5.75 Å². The molecule has 1 aromatic carbocycles. The minimum Gasteiger partial charge on any atom is -0.497 e. The van der Waals surface area contributed by atoms with Gasteiger partial charge in [-0.15, -0.1) is 0 Å². The molecule has 2 rings (SSSR count). The van der Waals surface area contributed by atoms with Gasteiger partial charge in [0.1, 0.15) is 5.75 Å². The van der Waals surface area contributed by atoms with E-state index in [0.29, 0.717) is 23.5 Å². The van der Waals surface area contributed by atoms with Crippen molar-refractivity contribution in [3.05, 3.63) is 41.7 Å². The number of nitrogen functional groups attached to an aromatic ring is 1. The Labute approximate surface area is 111 Å². The lowest BCUT2D eigenvalue weighted by atomic mass is 10.1. The quantitative estimate of drug-likeness (QED) is 0.811. The number of nitrogens with one attached hydrogen (secondary N) is 1. The Bertz CT molecular complexity index is 566. The molecule has 1 heterocycles. The van der Waals surface area contributed by atoms with E-state index < -0.39 is 0 Å². The van der Waals surface area contributed by atoms with Crippen molar-refractivity contribution in [2.45, 2.75) is 6.54 Å². The van der Waals surface area contributed by atoms with Crippen LogP contribution in [0.2, 0.25) is 0 Å². The summed E-state index contributed by atoms with van der Waals surface area (Å²) in [4.78, 5) is 13.9. The zero-order valence-electron chi connectivity index (χ0n) is 10.9. The van der Waals surface area contributed by atoms with Crippen LogP contribution in [0.4, 0.5) is 5.69 Å². The van der Waals surface area contributed by atoms with E-state index in [2.05, 4.69) is 10.2 Å². The Balaban J connectivity index is 2.18. The third-order valence-corrected chi connectivity index (χ3v) is 2.81. The lowest BCUT2D eigenvalue weighted by molar-refractivity contribution is 0.0786. The van der Waals surface area contributed by atoms with Crippen LogP contribution in [-0.4, -0.2) is 35.2 Å². The first-order valence-electron chi connectivity index (χ1n) is 5.78. The molecule has 100 valence electrons. The molecule has 0 aliphatic carbocycles. The predicted octanol–water partition coefficient (Wildman–Crippen LogP) is 1.27. The number of hydrogen-bond acceptors (Lipinski definition) is 4. The van der Waals surface area contributed by atoms with Crippen molar-refractivity contribution in [2.75, 3.05) is 19.9 Å². The highest BCUT2D eigenvalue weighted by Crippen LogP contribution is 2.21. The first kappa shape index (κ1) is 12.9. The average Bonchev–Trinajstić information content (AvgIpc) is 2.91. The van der Waals surface area contributed by atoms with Crippen molar-refractivity contribution < 1.29 is 9.53 Å². The number of carbonyl (C=O) groups is 1. The molecule has 2 aromatic rings. The summed E-state index contributed by atoms with van der Waals surface area (Å²) in [5.41, 5.74) is 7.63. The molecule has 0 bridgehead atoms. The van der Waals surface area contributed by atoms with Gasteiger partial charge in [0, 0.05) is 31.0 Å². The van der Waals surface area contributed by atoms with Gasteiger partial charge in [-0.2, -0.15) is 5.10 Å². The number of nitrogens with two attached hydrogens (primary N) is 1. The topological polar surface area (TPSA) is 84.2 Å². The number of H-pyrrole nitrogens is 1. The van der Waals surface area contributed by atoms with Crippen LogP contribution < -0.4 is 10.5 Å². The predicted molar refractivity (Wildman–Crippen MR) is 71.8 cm³/mol. The van der Waals surface area contributed by atoms with Crippen molar-refractivity contribution in [3.63, 3.8) is 0 Å². The standard InChI is InChI=1S/C13H16N4O2/c1-17(8-9-6-15-16-7-9)13(18)11-5-10(19-2)3-4-12(11)14/h3-7H,8,14H2,1-2H3,(H,15,16). The summed E-state index contributed by atoms with van der Waals surface area (Å²) in [6.07, 6.45) is 3.43. The number of amides is 1. The number of rotatable bonds is 4. The van der Waals surface area contributed by atoms with E-state index in [1.165, 1.54) is 0 Å². The Kier molecular flexibility index (Phi) is 3.70. The monoisotopic (exact) mass is 260 g/mol. The van der Waals surface area contributed by atoms with E-state index in [0.717, 1.165) is 5.56 Å². The second-order valence-corrected chi connectivity index (χ2v) is 4.22. The molecule has 1 aromatic heterocycles. The second-order valence-electron chi connectivity index (χ2n) is 4.22. The third-order valence-electron chi connectivity index (χ3n) is 2.81. The number of aromatic amines is 1. The van der Waals surface area contributed by atoms with E-state index >= 15 is 0 Å². The lowest BCUT2D eigenvalue weighted by Gasteiger charge is -2.17. The molecule has 0 aliphatic heterocycles. The summed E-state index contributed by atoms with van der Waals surface area (Å²) in [5.74, 6) is 0.451. The normalized spacial score (nSPS) is 10.2. The number of benzene rings is 1. The molecule has 0 unspecified atom stereocenters. The van der Waals surface area contributed by atoms with Crippen LogP contribution in [-0.2, 0) is 6.54 Å². The summed E-state index contributed by atoms with van der Waals surface area (Å²) in [6.45, 7) is 0.464. The fourth-order valence-electron chi connectivity index (χ4n) is 1.76. The van der Waals surface area contributed by atoms with Crippen molar-refractivity contribution in [1.82, 2.24) is 15.1 Å². The Morgan fingerprint density at radius 3 is 2.95 bits per heavy atom. The molecule has 0 spiro atoms.